The second-order valence-electron chi connectivity index (χ2n) is 7.55. The monoisotopic (exact) mass is 346 g/mol. The molecule has 1 aromatic rings. The standard InChI is InChI=1S/C18H24N2O3.C2H6/c1-12-5-6-14-13(11-12)18(15(21)19-14)7-9-20(10-8-18)16(22)23-17(2,3)4;1-2/h5-6,11H,7-10H2,1-4H3,(H,19,21);1-2H3. The van der Waals surface area contributed by atoms with Gasteiger partial charge >= 0.3 is 6.09 Å². The van der Waals surface area contributed by atoms with Crippen LogP contribution < -0.4 is 5.32 Å². The minimum atomic E-state index is -0.500. The molecule has 0 saturated carbocycles. The van der Waals surface area contributed by atoms with Gasteiger partial charge < -0.3 is 15.0 Å². The fourth-order valence-corrected chi connectivity index (χ4v) is 3.42. The first-order valence-electron chi connectivity index (χ1n) is 9.12. The van der Waals surface area contributed by atoms with Crippen molar-refractivity contribution in [3.63, 3.8) is 0 Å². The summed E-state index contributed by atoms with van der Waals surface area (Å²) in [6.07, 6.45) is 0.971. The van der Waals surface area contributed by atoms with Gasteiger partial charge in [0.15, 0.2) is 0 Å². The first kappa shape index (κ1) is 19.3. The Bertz CT molecular complexity index is 653. The third-order valence-electron chi connectivity index (χ3n) is 4.64. The quantitative estimate of drug-likeness (QED) is 0.764. The molecule has 2 heterocycles. The topological polar surface area (TPSA) is 58.6 Å². The zero-order valence-corrected chi connectivity index (χ0v) is 16.2. The lowest BCUT2D eigenvalue weighted by Crippen LogP contribution is -2.49. The fraction of sp³-hybridized carbons (Fsp3) is 0.600. The van der Waals surface area contributed by atoms with E-state index in [1.54, 1.807) is 4.90 Å². The number of nitrogens with zero attached hydrogens (tertiary/aromatic N) is 1. The molecule has 1 N–H and O–H groups in total. The van der Waals surface area contributed by atoms with E-state index in [0.717, 1.165) is 16.8 Å². The number of amides is 2. The van der Waals surface area contributed by atoms with Gasteiger partial charge in [-0.1, -0.05) is 31.5 Å². The Morgan fingerprint density at radius 3 is 2.36 bits per heavy atom. The maximum absolute atomic E-state index is 12.6. The number of hydrogen-bond acceptors (Lipinski definition) is 3. The van der Waals surface area contributed by atoms with Gasteiger partial charge in [-0.05, 0) is 52.2 Å². The highest BCUT2D eigenvalue weighted by atomic mass is 16.6. The lowest BCUT2D eigenvalue weighted by molar-refractivity contribution is -0.122. The molecule has 0 aliphatic carbocycles. The number of nitrogens with one attached hydrogen (secondary N) is 1. The third-order valence-corrected chi connectivity index (χ3v) is 4.64. The molecule has 1 fully saturated rings. The number of aryl methyl sites for hydroxylation is 1. The zero-order valence-electron chi connectivity index (χ0n) is 16.2. The minimum absolute atomic E-state index is 0.0574. The highest BCUT2D eigenvalue weighted by Gasteiger charge is 2.49. The van der Waals surface area contributed by atoms with Crippen molar-refractivity contribution in [1.82, 2.24) is 4.90 Å². The molecular formula is C20H30N2O3. The first-order chi connectivity index (χ1) is 11.7. The van der Waals surface area contributed by atoms with Crippen LogP contribution in [0, 0.1) is 6.92 Å². The number of ether oxygens (including phenoxy) is 1. The summed E-state index contributed by atoms with van der Waals surface area (Å²) < 4.78 is 5.43. The summed E-state index contributed by atoms with van der Waals surface area (Å²) in [5.41, 5.74) is 2.13. The maximum atomic E-state index is 12.6. The van der Waals surface area contributed by atoms with E-state index in [2.05, 4.69) is 11.4 Å². The average molecular weight is 346 g/mol. The largest absolute Gasteiger partial charge is 0.444 e. The normalized spacial score (nSPS) is 18.2. The number of piperidine rings is 1. The van der Waals surface area contributed by atoms with Crippen LogP contribution in [-0.2, 0) is 14.9 Å². The lowest BCUT2D eigenvalue weighted by Gasteiger charge is -2.38. The number of anilines is 1. The number of rotatable bonds is 0. The molecule has 2 amide bonds. The van der Waals surface area contributed by atoms with Crippen molar-refractivity contribution in [2.24, 2.45) is 0 Å². The van der Waals surface area contributed by atoms with Crippen molar-refractivity contribution in [2.75, 3.05) is 18.4 Å². The Morgan fingerprint density at radius 2 is 1.80 bits per heavy atom. The van der Waals surface area contributed by atoms with Crippen LogP contribution in [-0.4, -0.2) is 35.6 Å². The Labute approximate surface area is 150 Å². The molecule has 0 radical (unpaired) electrons. The van der Waals surface area contributed by atoms with Crippen molar-refractivity contribution < 1.29 is 14.3 Å². The van der Waals surface area contributed by atoms with Crippen LogP contribution in [0.15, 0.2) is 18.2 Å². The second-order valence-corrected chi connectivity index (χ2v) is 7.55. The lowest BCUT2D eigenvalue weighted by atomic mass is 9.73. The summed E-state index contributed by atoms with van der Waals surface area (Å²) in [6, 6.07) is 6.07. The van der Waals surface area contributed by atoms with E-state index in [1.807, 2.05) is 53.7 Å². The van der Waals surface area contributed by atoms with Crippen LogP contribution in [0.5, 0.6) is 0 Å². The SMILES string of the molecule is CC.Cc1ccc2c(c1)C1(CCN(C(=O)OC(C)(C)C)CC1)C(=O)N2. The van der Waals surface area contributed by atoms with Crippen LogP contribution in [0.2, 0.25) is 0 Å². The molecule has 1 aromatic carbocycles. The van der Waals surface area contributed by atoms with Gasteiger partial charge in [-0.25, -0.2) is 4.79 Å². The number of carbonyl (C=O) groups is 2. The predicted molar refractivity (Wildman–Crippen MR) is 99.9 cm³/mol. The van der Waals surface area contributed by atoms with Crippen LogP contribution in [0.25, 0.3) is 0 Å². The highest BCUT2D eigenvalue weighted by Crippen LogP contribution is 2.45. The summed E-state index contributed by atoms with van der Waals surface area (Å²) in [4.78, 5) is 26.5. The maximum Gasteiger partial charge on any atom is 0.410 e. The van der Waals surface area contributed by atoms with Gasteiger partial charge in [0, 0.05) is 18.8 Å². The number of fused-ring (bicyclic) bond motifs is 2. The number of carbonyl (C=O) groups excluding carboxylic acids is 2. The van der Waals surface area contributed by atoms with Crippen molar-refractivity contribution in [1.29, 1.82) is 0 Å². The smallest absolute Gasteiger partial charge is 0.410 e. The summed E-state index contributed by atoms with van der Waals surface area (Å²) in [5.74, 6) is 0.0574. The van der Waals surface area contributed by atoms with Crippen molar-refractivity contribution in [3.8, 4) is 0 Å². The van der Waals surface area contributed by atoms with Gasteiger partial charge in [-0.2, -0.15) is 0 Å². The molecule has 2 aliphatic heterocycles. The van der Waals surface area contributed by atoms with E-state index in [4.69, 9.17) is 4.74 Å². The van der Waals surface area contributed by atoms with Gasteiger partial charge in [-0.15, -0.1) is 0 Å². The number of likely N-dealkylation sites (tertiary alicyclic amines) is 1. The first-order valence-corrected chi connectivity index (χ1v) is 9.12. The average Bonchev–Trinajstić information content (AvgIpc) is 2.81. The summed E-state index contributed by atoms with van der Waals surface area (Å²) in [7, 11) is 0. The molecule has 0 aromatic heterocycles. The number of benzene rings is 1. The van der Waals surface area contributed by atoms with E-state index in [0.29, 0.717) is 25.9 Å². The molecule has 3 rings (SSSR count). The van der Waals surface area contributed by atoms with E-state index in [1.165, 1.54) is 0 Å². The molecule has 1 saturated heterocycles. The molecule has 5 nitrogen and oxygen atoms in total. The Morgan fingerprint density at radius 1 is 1.20 bits per heavy atom. The fourth-order valence-electron chi connectivity index (χ4n) is 3.42. The second kappa shape index (κ2) is 7.06. The molecular weight excluding hydrogens is 316 g/mol. The van der Waals surface area contributed by atoms with E-state index in [-0.39, 0.29) is 12.0 Å². The Balaban J connectivity index is 0.00000109. The summed E-state index contributed by atoms with van der Waals surface area (Å²) >= 11 is 0. The Kier molecular flexibility index (Phi) is 5.45. The van der Waals surface area contributed by atoms with E-state index in [9.17, 15) is 9.59 Å². The predicted octanol–water partition coefficient (Wildman–Crippen LogP) is 4.24. The van der Waals surface area contributed by atoms with Gasteiger partial charge in [0.2, 0.25) is 5.91 Å². The molecule has 138 valence electrons. The van der Waals surface area contributed by atoms with Crippen LogP contribution in [0.1, 0.15) is 58.6 Å². The van der Waals surface area contributed by atoms with Gasteiger partial charge in [0.05, 0.1) is 5.41 Å². The molecule has 0 unspecified atom stereocenters. The summed E-state index contributed by atoms with van der Waals surface area (Å²) in [5, 5.41) is 2.99. The van der Waals surface area contributed by atoms with Crippen molar-refractivity contribution in [3.05, 3.63) is 29.3 Å². The minimum Gasteiger partial charge on any atom is -0.444 e. The van der Waals surface area contributed by atoms with Crippen molar-refractivity contribution >= 4 is 17.7 Å². The highest BCUT2D eigenvalue weighted by molar-refractivity contribution is 6.06. The Hall–Kier alpha value is -2.04. The van der Waals surface area contributed by atoms with Crippen LogP contribution >= 0.6 is 0 Å². The molecule has 0 atom stereocenters. The van der Waals surface area contributed by atoms with Gasteiger partial charge in [0.25, 0.3) is 0 Å². The summed E-state index contributed by atoms with van der Waals surface area (Å²) in [6.45, 7) is 12.7. The number of hydrogen-bond donors (Lipinski definition) is 1. The van der Waals surface area contributed by atoms with E-state index < -0.39 is 11.0 Å². The third kappa shape index (κ3) is 3.80. The van der Waals surface area contributed by atoms with Gasteiger partial charge in [0.1, 0.15) is 5.60 Å². The van der Waals surface area contributed by atoms with Crippen LogP contribution in [0.4, 0.5) is 10.5 Å². The van der Waals surface area contributed by atoms with Crippen molar-refractivity contribution in [2.45, 2.75) is 65.4 Å². The zero-order chi connectivity index (χ0) is 18.8. The molecule has 2 aliphatic rings. The molecule has 1 spiro atoms. The molecule has 5 heteroatoms. The molecule has 25 heavy (non-hydrogen) atoms. The van der Waals surface area contributed by atoms with Gasteiger partial charge in [-0.3, -0.25) is 4.79 Å². The van der Waals surface area contributed by atoms with Crippen LogP contribution in [0.3, 0.4) is 0 Å². The molecule has 0 bridgehead atoms. The van der Waals surface area contributed by atoms with E-state index >= 15 is 0 Å².